The van der Waals surface area contributed by atoms with Crippen LogP contribution in [0.2, 0.25) is 0 Å². The first-order valence-corrected chi connectivity index (χ1v) is 7.27. The van der Waals surface area contributed by atoms with Gasteiger partial charge in [-0.1, -0.05) is 24.3 Å². The second kappa shape index (κ2) is 5.62. The van der Waals surface area contributed by atoms with Crippen molar-refractivity contribution in [3.63, 3.8) is 0 Å². The van der Waals surface area contributed by atoms with Crippen LogP contribution in [0.4, 0.5) is 0 Å². The number of aromatic amines is 1. The summed E-state index contributed by atoms with van der Waals surface area (Å²) in [5.41, 5.74) is 2.74. The molecule has 0 aliphatic heterocycles. The molecule has 5 heteroatoms. The van der Waals surface area contributed by atoms with E-state index in [2.05, 4.69) is 38.1 Å². The number of halogens is 1. The fourth-order valence-corrected chi connectivity index (χ4v) is 2.58. The Morgan fingerprint density at radius 3 is 2.80 bits per heavy atom. The van der Waals surface area contributed by atoms with Crippen molar-refractivity contribution in [3.8, 4) is 0 Å². The molecule has 1 amide bonds. The van der Waals surface area contributed by atoms with Gasteiger partial charge in [0.05, 0.1) is 5.52 Å². The highest BCUT2D eigenvalue weighted by Gasteiger charge is 2.06. The Balaban J connectivity index is 1.74. The second-order valence-corrected chi connectivity index (χ2v) is 5.46. The van der Waals surface area contributed by atoms with Crippen molar-refractivity contribution < 1.29 is 4.79 Å². The Bertz CT molecular complexity index is 752. The topological polar surface area (TPSA) is 57.8 Å². The van der Waals surface area contributed by atoms with Crippen molar-refractivity contribution in [1.29, 1.82) is 0 Å². The number of nitrogens with zero attached hydrogens (tertiary/aromatic N) is 1. The molecule has 0 unspecified atom stereocenters. The third-order valence-corrected chi connectivity index (χ3v) is 3.89. The van der Waals surface area contributed by atoms with E-state index >= 15 is 0 Å². The van der Waals surface area contributed by atoms with Crippen molar-refractivity contribution in [2.45, 2.75) is 6.54 Å². The van der Waals surface area contributed by atoms with Gasteiger partial charge >= 0.3 is 0 Å². The molecule has 100 valence electrons. The zero-order valence-electron chi connectivity index (χ0n) is 10.6. The Morgan fingerprint density at radius 2 is 2.00 bits per heavy atom. The Labute approximate surface area is 129 Å². The second-order valence-electron chi connectivity index (χ2n) is 4.44. The molecule has 0 aliphatic carbocycles. The Kier molecular flexibility index (Phi) is 3.68. The van der Waals surface area contributed by atoms with Gasteiger partial charge in [-0.3, -0.25) is 9.89 Å². The Morgan fingerprint density at radius 1 is 1.20 bits per heavy atom. The maximum atomic E-state index is 12.0. The minimum atomic E-state index is -0.0624. The summed E-state index contributed by atoms with van der Waals surface area (Å²) in [6.07, 6.45) is 0. The zero-order valence-corrected chi connectivity index (χ0v) is 12.7. The van der Waals surface area contributed by atoms with E-state index < -0.39 is 0 Å². The first kappa shape index (κ1) is 13.1. The minimum absolute atomic E-state index is 0.0624. The number of H-pyrrole nitrogens is 1. The van der Waals surface area contributed by atoms with Crippen LogP contribution < -0.4 is 5.32 Å². The molecule has 1 heterocycles. The molecule has 0 atom stereocenters. The van der Waals surface area contributed by atoms with Gasteiger partial charge in [0.2, 0.25) is 0 Å². The molecular formula is C15H12IN3O. The third-order valence-electron chi connectivity index (χ3n) is 3.07. The molecule has 0 spiro atoms. The molecule has 1 aromatic heterocycles. The molecular weight excluding hydrogens is 365 g/mol. The predicted molar refractivity (Wildman–Crippen MR) is 86.4 cm³/mol. The normalized spacial score (nSPS) is 10.7. The summed E-state index contributed by atoms with van der Waals surface area (Å²) in [5.74, 6) is -0.0624. The fourth-order valence-electron chi connectivity index (χ4n) is 2.01. The van der Waals surface area contributed by atoms with E-state index in [-0.39, 0.29) is 5.91 Å². The van der Waals surface area contributed by atoms with E-state index in [0.717, 1.165) is 20.2 Å². The summed E-state index contributed by atoms with van der Waals surface area (Å²) < 4.78 is 0.939. The van der Waals surface area contributed by atoms with Crippen molar-refractivity contribution in [1.82, 2.24) is 15.5 Å². The highest BCUT2D eigenvalue weighted by molar-refractivity contribution is 14.1. The predicted octanol–water partition coefficient (Wildman–Crippen LogP) is 3.10. The summed E-state index contributed by atoms with van der Waals surface area (Å²) in [6.45, 7) is 0.505. The summed E-state index contributed by atoms with van der Waals surface area (Å²) in [6, 6.07) is 15.2. The van der Waals surface area contributed by atoms with Gasteiger partial charge in [-0.05, 0) is 52.4 Å². The highest BCUT2D eigenvalue weighted by atomic mass is 127. The maximum absolute atomic E-state index is 12.0. The van der Waals surface area contributed by atoms with Crippen molar-refractivity contribution >= 4 is 39.4 Å². The lowest BCUT2D eigenvalue weighted by Gasteiger charge is -2.05. The molecule has 0 bridgehead atoms. The number of fused-ring (bicyclic) bond motifs is 1. The van der Waals surface area contributed by atoms with Crippen LogP contribution in [0.15, 0.2) is 48.5 Å². The quantitative estimate of drug-likeness (QED) is 0.690. The van der Waals surface area contributed by atoms with E-state index in [1.807, 2.05) is 36.4 Å². The number of hydrogen-bond donors (Lipinski definition) is 2. The number of hydrogen-bond acceptors (Lipinski definition) is 2. The van der Waals surface area contributed by atoms with E-state index in [9.17, 15) is 4.79 Å². The standard InChI is InChI=1S/C15H12IN3O/c16-14-12-8-10(6-7-13(12)18-19-14)9-17-15(20)11-4-2-1-3-5-11/h1-8H,9H2,(H,17,20)(H,18,19). The number of aromatic nitrogens is 2. The van der Waals surface area contributed by atoms with Crippen LogP contribution in [0.25, 0.3) is 10.9 Å². The summed E-state index contributed by atoms with van der Waals surface area (Å²) >= 11 is 2.19. The number of nitrogens with one attached hydrogen (secondary N) is 2. The maximum Gasteiger partial charge on any atom is 0.251 e. The van der Waals surface area contributed by atoms with Gasteiger partial charge in [0.1, 0.15) is 3.70 Å². The summed E-state index contributed by atoms with van der Waals surface area (Å²) in [5, 5.41) is 11.1. The van der Waals surface area contributed by atoms with Crippen LogP contribution in [-0.4, -0.2) is 16.1 Å². The van der Waals surface area contributed by atoms with E-state index in [1.54, 1.807) is 12.1 Å². The largest absolute Gasteiger partial charge is 0.348 e. The van der Waals surface area contributed by atoms with Crippen LogP contribution in [0.1, 0.15) is 15.9 Å². The number of rotatable bonds is 3. The van der Waals surface area contributed by atoms with E-state index in [0.29, 0.717) is 12.1 Å². The highest BCUT2D eigenvalue weighted by Crippen LogP contribution is 2.19. The monoisotopic (exact) mass is 377 g/mol. The van der Waals surface area contributed by atoms with Gasteiger partial charge in [0.15, 0.2) is 0 Å². The lowest BCUT2D eigenvalue weighted by molar-refractivity contribution is 0.0951. The van der Waals surface area contributed by atoms with E-state index in [4.69, 9.17) is 0 Å². The molecule has 0 aliphatic rings. The molecule has 0 fully saturated rings. The number of carbonyl (C=O) groups is 1. The Hall–Kier alpha value is -1.89. The minimum Gasteiger partial charge on any atom is -0.348 e. The van der Waals surface area contributed by atoms with Crippen LogP contribution in [0, 0.1) is 3.70 Å². The van der Waals surface area contributed by atoms with E-state index in [1.165, 1.54) is 0 Å². The molecule has 0 radical (unpaired) electrons. The smallest absolute Gasteiger partial charge is 0.251 e. The average Bonchev–Trinajstić information content (AvgIpc) is 2.87. The molecule has 2 N–H and O–H groups in total. The van der Waals surface area contributed by atoms with Gasteiger partial charge in [0.25, 0.3) is 5.91 Å². The van der Waals surface area contributed by atoms with Crippen LogP contribution in [0.3, 0.4) is 0 Å². The van der Waals surface area contributed by atoms with Gasteiger partial charge in [-0.2, -0.15) is 5.10 Å². The van der Waals surface area contributed by atoms with Gasteiger partial charge in [-0.25, -0.2) is 0 Å². The first-order chi connectivity index (χ1) is 9.74. The molecule has 4 nitrogen and oxygen atoms in total. The molecule has 20 heavy (non-hydrogen) atoms. The van der Waals surface area contributed by atoms with Crippen LogP contribution in [-0.2, 0) is 6.54 Å². The molecule has 2 aromatic carbocycles. The third kappa shape index (κ3) is 2.67. The molecule has 0 saturated carbocycles. The summed E-state index contributed by atoms with van der Waals surface area (Å²) in [7, 11) is 0. The lowest BCUT2D eigenvalue weighted by Crippen LogP contribution is -2.22. The number of benzene rings is 2. The number of carbonyl (C=O) groups excluding carboxylic acids is 1. The summed E-state index contributed by atoms with van der Waals surface area (Å²) in [4.78, 5) is 12.0. The van der Waals surface area contributed by atoms with Gasteiger partial charge in [0, 0.05) is 17.5 Å². The first-order valence-electron chi connectivity index (χ1n) is 6.20. The van der Waals surface area contributed by atoms with Crippen molar-refractivity contribution in [2.75, 3.05) is 0 Å². The van der Waals surface area contributed by atoms with Gasteiger partial charge in [-0.15, -0.1) is 0 Å². The molecule has 3 aromatic rings. The molecule has 0 saturated heterocycles. The van der Waals surface area contributed by atoms with Crippen molar-refractivity contribution in [3.05, 3.63) is 63.4 Å². The van der Waals surface area contributed by atoms with Crippen molar-refractivity contribution in [2.24, 2.45) is 0 Å². The molecule has 3 rings (SSSR count). The SMILES string of the molecule is O=C(NCc1ccc2[nH]nc(I)c2c1)c1ccccc1. The fraction of sp³-hybridized carbons (Fsp3) is 0.0667. The number of amides is 1. The van der Waals surface area contributed by atoms with Crippen LogP contribution >= 0.6 is 22.6 Å². The van der Waals surface area contributed by atoms with Crippen LogP contribution in [0.5, 0.6) is 0 Å². The lowest BCUT2D eigenvalue weighted by atomic mass is 10.1. The average molecular weight is 377 g/mol. The zero-order chi connectivity index (χ0) is 13.9. The van der Waals surface area contributed by atoms with Gasteiger partial charge < -0.3 is 5.32 Å².